The highest BCUT2D eigenvalue weighted by Crippen LogP contribution is 2.47. The quantitative estimate of drug-likeness (QED) is 0.733. The lowest BCUT2D eigenvalue weighted by Gasteiger charge is -2.03. The smallest absolute Gasteiger partial charge is 0.0465 e. The van der Waals surface area contributed by atoms with Gasteiger partial charge in [0.2, 0.25) is 0 Å². The molecule has 2 atom stereocenters. The minimum atomic E-state index is 0.345. The fraction of sp³-hybridized carbons (Fsp3) is 0.500. The SMILES string of the molecule is Cc1cc(C)cc([C@H]2C[C@@H]2CO)c1. The van der Waals surface area contributed by atoms with Crippen molar-refractivity contribution in [3.63, 3.8) is 0 Å². The molecule has 13 heavy (non-hydrogen) atoms. The first-order chi connectivity index (χ1) is 6.20. The molecule has 1 fully saturated rings. The molecule has 1 aromatic carbocycles. The van der Waals surface area contributed by atoms with Gasteiger partial charge in [-0.1, -0.05) is 29.3 Å². The van der Waals surface area contributed by atoms with Gasteiger partial charge in [-0.3, -0.25) is 0 Å². The lowest BCUT2D eigenvalue weighted by atomic mass is 10.0. The molecule has 2 rings (SSSR count). The van der Waals surface area contributed by atoms with Crippen molar-refractivity contribution in [3.05, 3.63) is 34.9 Å². The average Bonchev–Trinajstić information content (AvgIpc) is 2.80. The Morgan fingerprint density at radius 1 is 1.23 bits per heavy atom. The summed E-state index contributed by atoms with van der Waals surface area (Å²) in [5.41, 5.74) is 4.08. The fourth-order valence-corrected chi connectivity index (χ4v) is 2.08. The molecule has 0 unspecified atom stereocenters. The molecule has 0 bridgehead atoms. The number of aliphatic hydroxyl groups excluding tert-OH is 1. The third-order valence-electron chi connectivity index (χ3n) is 2.83. The van der Waals surface area contributed by atoms with Crippen molar-refractivity contribution in [1.29, 1.82) is 0 Å². The normalized spacial score (nSPS) is 26.1. The summed E-state index contributed by atoms with van der Waals surface area (Å²) in [7, 11) is 0. The van der Waals surface area contributed by atoms with Crippen molar-refractivity contribution in [2.45, 2.75) is 26.2 Å². The molecular weight excluding hydrogens is 160 g/mol. The molecule has 0 radical (unpaired) electrons. The van der Waals surface area contributed by atoms with Crippen LogP contribution >= 0.6 is 0 Å². The summed E-state index contributed by atoms with van der Waals surface area (Å²) in [4.78, 5) is 0. The Bertz CT molecular complexity index is 297. The lowest BCUT2D eigenvalue weighted by Crippen LogP contribution is -1.90. The van der Waals surface area contributed by atoms with Crippen molar-refractivity contribution in [1.82, 2.24) is 0 Å². The zero-order valence-electron chi connectivity index (χ0n) is 8.25. The van der Waals surface area contributed by atoms with Crippen LogP contribution in [0.2, 0.25) is 0 Å². The number of aliphatic hydroxyl groups is 1. The van der Waals surface area contributed by atoms with Crippen LogP contribution in [0.3, 0.4) is 0 Å². The molecule has 0 amide bonds. The Labute approximate surface area is 79.4 Å². The Kier molecular flexibility index (Phi) is 2.12. The van der Waals surface area contributed by atoms with E-state index in [1.54, 1.807) is 0 Å². The second-order valence-corrected chi connectivity index (χ2v) is 4.21. The van der Waals surface area contributed by atoms with Crippen LogP contribution in [-0.2, 0) is 0 Å². The van der Waals surface area contributed by atoms with Gasteiger partial charge in [0.25, 0.3) is 0 Å². The molecule has 0 saturated heterocycles. The maximum Gasteiger partial charge on any atom is 0.0465 e. The van der Waals surface area contributed by atoms with E-state index in [1.165, 1.54) is 23.1 Å². The minimum Gasteiger partial charge on any atom is -0.396 e. The van der Waals surface area contributed by atoms with Crippen molar-refractivity contribution in [2.24, 2.45) is 5.92 Å². The van der Waals surface area contributed by atoms with E-state index >= 15 is 0 Å². The van der Waals surface area contributed by atoms with E-state index in [0.29, 0.717) is 18.4 Å². The van der Waals surface area contributed by atoms with Gasteiger partial charge in [-0.15, -0.1) is 0 Å². The van der Waals surface area contributed by atoms with E-state index in [4.69, 9.17) is 5.11 Å². The maximum absolute atomic E-state index is 8.98. The van der Waals surface area contributed by atoms with Crippen LogP contribution < -0.4 is 0 Å². The Hall–Kier alpha value is -0.820. The van der Waals surface area contributed by atoms with Gasteiger partial charge < -0.3 is 5.11 Å². The monoisotopic (exact) mass is 176 g/mol. The van der Waals surface area contributed by atoms with E-state index in [-0.39, 0.29) is 0 Å². The van der Waals surface area contributed by atoms with E-state index < -0.39 is 0 Å². The van der Waals surface area contributed by atoms with Gasteiger partial charge in [0, 0.05) is 6.61 Å². The second kappa shape index (κ2) is 3.15. The summed E-state index contributed by atoms with van der Waals surface area (Å²) in [5.74, 6) is 1.16. The van der Waals surface area contributed by atoms with Gasteiger partial charge in [0.1, 0.15) is 0 Å². The summed E-state index contributed by atoms with van der Waals surface area (Å²) in [6.07, 6.45) is 1.17. The highest BCUT2D eigenvalue weighted by atomic mass is 16.3. The molecule has 1 N–H and O–H groups in total. The largest absolute Gasteiger partial charge is 0.396 e. The number of hydrogen-bond donors (Lipinski definition) is 1. The fourth-order valence-electron chi connectivity index (χ4n) is 2.08. The molecule has 1 aliphatic carbocycles. The predicted octanol–water partition coefficient (Wildman–Crippen LogP) is 2.40. The topological polar surface area (TPSA) is 20.2 Å². The zero-order chi connectivity index (χ0) is 9.42. The number of aryl methyl sites for hydroxylation is 2. The zero-order valence-corrected chi connectivity index (χ0v) is 8.25. The number of benzene rings is 1. The molecule has 1 aromatic rings. The van der Waals surface area contributed by atoms with Gasteiger partial charge in [-0.05, 0) is 37.7 Å². The van der Waals surface area contributed by atoms with Crippen LogP contribution in [0.4, 0.5) is 0 Å². The van der Waals surface area contributed by atoms with E-state index in [9.17, 15) is 0 Å². The van der Waals surface area contributed by atoms with E-state index in [1.807, 2.05) is 0 Å². The highest BCUT2D eigenvalue weighted by molar-refractivity contribution is 5.34. The van der Waals surface area contributed by atoms with E-state index in [2.05, 4.69) is 32.0 Å². The molecule has 1 saturated carbocycles. The van der Waals surface area contributed by atoms with Gasteiger partial charge >= 0.3 is 0 Å². The van der Waals surface area contributed by atoms with Crippen molar-refractivity contribution < 1.29 is 5.11 Å². The Morgan fingerprint density at radius 3 is 2.31 bits per heavy atom. The van der Waals surface area contributed by atoms with Crippen molar-refractivity contribution >= 4 is 0 Å². The Balaban J connectivity index is 2.22. The summed E-state index contributed by atoms with van der Waals surface area (Å²) in [6.45, 7) is 4.61. The van der Waals surface area contributed by atoms with Crippen LogP contribution in [0, 0.1) is 19.8 Å². The second-order valence-electron chi connectivity index (χ2n) is 4.21. The first kappa shape index (κ1) is 8.76. The van der Waals surface area contributed by atoms with E-state index in [0.717, 1.165) is 0 Å². The standard InChI is InChI=1S/C12H16O/c1-8-3-9(2)5-10(4-8)12-6-11(12)7-13/h3-5,11-13H,6-7H2,1-2H3/t11-,12-/m1/s1. The highest BCUT2D eigenvalue weighted by Gasteiger charge is 2.37. The molecule has 0 spiro atoms. The third-order valence-corrected chi connectivity index (χ3v) is 2.83. The average molecular weight is 176 g/mol. The summed E-state index contributed by atoms with van der Waals surface area (Å²) in [5, 5.41) is 8.98. The summed E-state index contributed by atoms with van der Waals surface area (Å²) >= 11 is 0. The molecule has 1 heteroatoms. The first-order valence-electron chi connectivity index (χ1n) is 4.90. The van der Waals surface area contributed by atoms with Crippen LogP contribution in [0.15, 0.2) is 18.2 Å². The van der Waals surface area contributed by atoms with Crippen LogP contribution in [-0.4, -0.2) is 11.7 Å². The molecule has 1 aliphatic rings. The molecule has 0 aromatic heterocycles. The minimum absolute atomic E-state index is 0.345. The molecule has 0 aliphatic heterocycles. The van der Waals surface area contributed by atoms with Crippen LogP contribution in [0.1, 0.15) is 29.0 Å². The number of rotatable bonds is 2. The molecule has 0 heterocycles. The van der Waals surface area contributed by atoms with Gasteiger partial charge in [-0.25, -0.2) is 0 Å². The first-order valence-corrected chi connectivity index (χ1v) is 4.90. The van der Waals surface area contributed by atoms with Gasteiger partial charge in [-0.2, -0.15) is 0 Å². The van der Waals surface area contributed by atoms with Crippen molar-refractivity contribution in [3.8, 4) is 0 Å². The van der Waals surface area contributed by atoms with Gasteiger partial charge in [0.05, 0.1) is 0 Å². The van der Waals surface area contributed by atoms with Crippen LogP contribution in [0.5, 0.6) is 0 Å². The van der Waals surface area contributed by atoms with Crippen molar-refractivity contribution in [2.75, 3.05) is 6.61 Å². The predicted molar refractivity (Wildman–Crippen MR) is 53.8 cm³/mol. The molecule has 1 nitrogen and oxygen atoms in total. The number of hydrogen-bond acceptors (Lipinski definition) is 1. The van der Waals surface area contributed by atoms with Gasteiger partial charge in [0.15, 0.2) is 0 Å². The summed E-state index contributed by atoms with van der Waals surface area (Å²) in [6, 6.07) is 6.68. The summed E-state index contributed by atoms with van der Waals surface area (Å²) < 4.78 is 0. The third kappa shape index (κ3) is 1.75. The maximum atomic E-state index is 8.98. The molecule has 70 valence electrons. The Morgan fingerprint density at radius 2 is 1.85 bits per heavy atom. The van der Waals surface area contributed by atoms with Crippen LogP contribution in [0.25, 0.3) is 0 Å². The molecular formula is C12H16O. The lowest BCUT2D eigenvalue weighted by molar-refractivity contribution is 0.274.